The Morgan fingerprint density at radius 2 is 0.900 bits per heavy atom. The highest BCUT2D eigenvalue weighted by Gasteiger charge is 2.46. The number of aliphatic hydroxyl groups is 3. The van der Waals surface area contributed by atoms with Gasteiger partial charge in [0.25, 0.3) is 17.7 Å². The van der Waals surface area contributed by atoms with Crippen molar-refractivity contribution in [3.63, 3.8) is 0 Å². The van der Waals surface area contributed by atoms with Crippen LogP contribution in [0, 0.1) is 11.8 Å². The van der Waals surface area contributed by atoms with Crippen molar-refractivity contribution in [2.75, 3.05) is 200 Å². The number of unbranched alkanes of at least 4 members (excludes halogenated alkanes) is 2. The van der Waals surface area contributed by atoms with Crippen molar-refractivity contribution in [2.45, 2.75) is 182 Å². The Bertz CT molecular complexity index is 4720. The predicted molar refractivity (Wildman–Crippen MR) is 513 cm³/mol. The van der Waals surface area contributed by atoms with Crippen molar-refractivity contribution in [3.8, 4) is 23.0 Å². The molecular weight excluding hydrogens is 1830 g/mol. The standard InChI is InChI=1S/C98H142N12O30/c1-14-87(115)106(69(10)111)30-26-84(112)99-29-35-130-39-41-132-43-45-134-47-49-136-51-50-135-48-46-133-44-42-131-40-38-129-34-28-86(114)105-89(64(4)5)93(119)101-68(9)91(117)103-73-24-20-71(21-25-73)62-140-98(124)110-78-57-83(81(127-13)55-76(78)95(121)108-59-66(7)53-79(108)96(110)122)138-32-17-15-16-31-137-82-56-77-75(54-80(82)126-12)94(120)107-58-65(6)52-74(107)60-109(77)97(123)139-61-70-18-22-72(23-19-70)102-90(116)67(8)100-92(118)88(63(2)3)104-85(113)27-33-128-37-36-125-11/h14,18-25,54-59,63-64,67-68,74,79,88-91,96,102-103,116-117,122H,1,15-17,26-53,60-62H2,2-13H3,(H,99,112)(H,100,118)(H,101,119)(H,104,113)(H,105,114)/t67?,68-,74-,79-,88-,89-,90?,91?,96-/m0/s1. The highest BCUT2D eigenvalue weighted by Crippen LogP contribution is 2.44. The smallest absolute Gasteiger partial charge is 0.416 e. The number of ether oxygens (including phenoxy) is 16. The lowest BCUT2D eigenvalue weighted by molar-refractivity contribution is -0.141. The van der Waals surface area contributed by atoms with Crippen LogP contribution in [-0.4, -0.2) is 330 Å². The number of nitrogens with zero attached hydrogens (tertiary/aromatic N) is 5. The lowest BCUT2D eigenvalue weighted by Gasteiger charge is -2.31. The fraction of sp³-hybridized carbons (Fsp3) is 0.582. The van der Waals surface area contributed by atoms with Gasteiger partial charge in [-0.2, -0.15) is 0 Å². The van der Waals surface area contributed by atoms with Gasteiger partial charge in [-0.25, -0.2) is 14.5 Å². The van der Waals surface area contributed by atoms with Crippen LogP contribution in [0.4, 0.5) is 32.3 Å². The fourth-order valence-corrected chi connectivity index (χ4v) is 15.0. The number of fused-ring (bicyclic) bond motifs is 4. The number of carbonyl (C=O) groups is 11. The van der Waals surface area contributed by atoms with Crippen LogP contribution in [0.25, 0.3) is 0 Å². The van der Waals surface area contributed by atoms with E-state index in [0.29, 0.717) is 141 Å². The largest absolute Gasteiger partial charge is 0.493 e. The van der Waals surface area contributed by atoms with Crippen molar-refractivity contribution < 1.29 is 144 Å². The Labute approximate surface area is 817 Å². The predicted octanol–water partition coefficient (Wildman–Crippen LogP) is 6.60. The van der Waals surface area contributed by atoms with Gasteiger partial charge in [0.2, 0.25) is 35.4 Å². The number of methoxy groups -OCH3 is 3. The summed E-state index contributed by atoms with van der Waals surface area (Å²) in [5.41, 5.74) is 4.36. The summed E-state index contributed by atoms with van der Waals surface area (Å²) in [6.45, 7) is 25.1. The molecule has 10 N–H and O–H groups in total. The van der Waals surface area contributed by atoms with Gasteiger partial charge in [0.15, 0.2) is 29.2 Å². The Morgan fingerprint density at radius 1 is 0.486 bits per heavy atom. The molecule has 4 aromatic carbocycles. The second kappa shape index (κ2) is 60.5. The number of rotatable bonds is 65. The van der Waals surface area contributed by atoms with Crippen LogP contribution >= 0.6 is 0 Å². The SMILES string of the molecule is C=CC(=O)N(CCC(=O)NCCOCCOCCOCCOCCOCCOCCOCCOCCC(=O)N[C@H](C(=O)N[C@@H](C)C(O)Nc1ccc(COC(=O)N2c3cc(OCCCCCOc4cc5c(cc4OC)C(=O)N4C=C(C)C[C@H]4CN5C(=O)OCc4ccc(NC(O)C(C)NC(=O)[C@@H](NC(=O)CCOCCOC)C(C)C)cc4)c(OC)cc3C(=O)N3C=C(C)C[C@H]3[C@@H]2O)cc1)C(C)C)C(C)=O. The van der Waals surface area contributed by atoms with Crippen LogP contribution < -0.4 is 66.0 Å². The minimum absolute atomic E-state index is 0.0171. The number of imide groups is 1. The molecule has 4 aliphatic heterocycles. The molecule has 0 radical (unpaired) electrons. The number of anilines is 4. The van der Waals surface area contributed by atoms with Gasteiger partial charge in [-0.3, -0.25) is 53.0 Å². The molecule has 4 aliphatic rings. The maximum atomic E-state index is 14.5. The van der Waals surface area contributed by atoms with Crippen molar-refractivity contribution >= 4 is 88.1 Å². The molecule has 8 rings (SSSR count). The van der Waals surface area contributed by atoms with Crippen molar-refractivity contribution in [2.24, 2.45) is 11.8 Å². The van der Waals surface area contributed by atoms with Crippen LogP contribution in [0.2, 0.25) is 0 Å². The number of nitrogens with one attached hydrogen (secondary N) is 7. The Morgan fingerprint density at radius 3 is 1.34 bits per heavy atom. The summed E-state index contributed by atoms with van der Waals surface area (Å²) >= 11 is 0. The summed E-state index contributed by atoms with van der Waals surface area (Å²) in [4.78, 5) is 152. The average molecular weight is 1970 g/mol. The highest BCUT2D eigenvalue weighted by atomic mass is 16.6. The topological polar surface area (TPSA) is 497 Å². The lowest BCUT2D eigenvalue weighted by Crippen LogP contribution is -2.54. The average Bonchev–Trinajstić information content (AvgIpc) is 1.72. The van der Waals surface area contributed by atoms with E-state index in [9.17, 15) is 68.1 Å². The molecule has 774 valence electrons. The normalized spacial score (nSPS) is 16.1. The molecule has 0 bridgehead atoms. The van der Waals surface area contributed by atoms with Gasteiger partial charge >= 0.3 is 12.2 Å². The van der Waals surface area contributed by atoms with Gasteiger partial charge in [-0.15, -0.1) is 0 Å². The van der Waals surface area contributed by atoms with Crippen LogP contribution in [-0.2, 0) is 104 Å². The van der Waals surface area contributed by atoms with E-state index in [1.54, 1.807) is 127 Å². The molecule has 0 saturated heterocycles. The monoisotopic (exact) mass is 1970 g/mol. The van der Waals surface area contributed by atoms with E-state index in [2.05, 4.69) is 43.8 Å². The second-order valence-corrected chi connectivity index (χ2v) is 34.4. The maximum absolute atomic E-state index is 14.5. The van der Waals surface area contributed by atoms with E-state index >= 15 is 0 Å². The van der Waals surface area contributed by atoms with Crippen LogP contribution in [0.5, 0.6) is 23.0 Å². The molecule has 0 fully saturated rings. The van der Waals surface area contributed by atoms with E-state index in [-0.39, 0.29) is 180 Å². The van der Waals surface area contributed by atoms with Crippen molar-refractivity contribution in [1.82, 2.24) is 41.3 Å². The summed E-state index contributed by atoms with van der Waals surface area (Å²) < 4.78 is 90.6. The van der Waals surface area contributed by atoms with Gasteiger partial charge in [0.05, 0.1) is 206 Å². The summed E-state index contributed by atoms with van der Waals surface area (Å²) in [5, 5.41) is 54.2. The van der Waals surface area contributed by atoms with Crippen molar-refractivity contribution in [3.05, 3.63) is 131 Å². The molecule has 4 heterocycles. The third-order valence-electron chi connectivity index (χ3n) is 22.7. The third kappa shape index (κ3) is 36.8. The third-order valence-corrected chi connectivity index (χ3v) is 22.7. The van der Waals surface area contributed by atoms with Gasteiger partial charge in [-0.1, -0.05) is 69.7 Å². The second-order valence-electron chi connectivity index (χ2n) is 34.4. The van der Waals surface area contributed by atoms with Crippen LogP contribution in [0.3, 0.4) is 0 Å². The first-order valence-corrected chi connectivity index (χ1v) is 47.3. The minimum atomic E-state index is -1.58. The number of benzene rings is 4. The van der Waals surface area contributed by atoms with E-state index in [0.717, 1.165) is 27.0 Å². The number of hydrogen-bond acceptors (Lipinski definition) is 32. The molecule has 9 atom stereocenters. The quantitative estimate of drug-likeness (QED) is 0.0126. The zero-order valence-corrected chi connectivity index (χ0v) is 82.4. The zero-order valence-electron chi connectivity index (χ0n) is 82.4. The summed E-state index contributed by atoms with van der Waals surface area (Å²) in [6.07, 6.45) is 1.02. The van der Waals surface area contributed by atoms with Gasteiger partial charge < -0.3 is 138 Å². The first-order chi connectivity index (χ1) is 67.3. The van der Waals surface area contributed by atoms with Crippen LogP contribution in [0.1, 0.15) is 146 Å². The molecule has 3 unspecified atom stereocenters. The van der Waals surface area contributed by atoms with Gasteiger partial charge in [0, 0.05) is 82.3 Å². The molecule has 0 saturated carbocycles. The lowest BCUT2D eigenvalue weighted by atomic mass is 10.0. The molecule has 4 aromatic rings. The number of carbonyl (C=O) groups excluding carboxylic acids is 11. The molecule has 0 spiro atoms. The first kappa shape index (κ1) is 114. The Balaban J connectivity index is 0.712. The van der Waals surface area contributed by atoms with E-state index in [1.807, 2.05) is 13.8 Å². The molecule has 42 heteroatoms. The Hall–Kier alpha value is -11.7. The van der Waals surface area contributed by atoms with E-state index < -0.39 is 103 Å². The molecule has 0 aromatic heterocycles. The molecule has 11 amide bonds. The number of hydrogen-bond donors (Lipinski definition) is 10. The Kier molecular flexibility index (Phi) is 49.1. The maximum Gasteiger partial charge on any atom is 0.416 e. The van der Waals surface area contributed by atoms with E-state index in [4.69, 9.17) is 75.8 Å². The zero-order chi connectivity index (χ0) is 102. The molecular formula is C98H142N12O30. The fourth-order valence-electron chi connectivity index (χ4n) is 15.0. The summed E-state index contributed by atoms with van der Waals surface area (Å²) in [5.74, 6) is -3.56. The highest BCUT2D eigenvalue weighted by molar-refractivity contribution is 6.08. The molecule has 42 nitrogen and oxygen atoms in total. The van der Waals surface area contributed by atoms with Gasteiger partial charge in [0.1, 0.15) is 37.8 Å². The molecule has 140 heavy (non-hydrogen) atoms. The first-order valence-electron chi connectivity index (χ1n) is 47.3. The number of aliphatic hydroxyl groups excluding tert-OH is 3. The molecule has 0 aliphatic carbocycles. The van der Waals surface area contributed by atoms with E-state index in [1.165, 1.54) is 43.1 Å². The van der Waals surface area contributed by atoms with Crippen LogP contribution in [0.15, 0.2) is 109 Å². The summed E-state index contributed by atoms with van der Waals surface area (Å²) in [7, 11) is 4.42. The number of amides is 11. The van der Waals surface area contributed by atoms with Crippen molar-refractivity contribution in [1.29, 1.82) is 0 Å². The minimum Gasteiger partial charge on any atom is -0.493 e. The summed E-state index contributed by atoms with van der Waals surface area (Å²) in [6, 6.07) is 14.8. The van der Waals surface area contributed by atoms with Gasteiger partial charge in [-0.05, 0) is 125 Å².